The molecule has 1 atom stereocenters. The van der Waals surface area contributed by atoms with Gasteiger partial charge in [0, 0.05) is 0 Å². The number of carbonyl (C=O) groups is 1. The minimum atomic E-state index is -2.32. The van der Waals surface area contributed by atoms with E-state index < -0.39 is 22.8 Å². The topological polar surface area (TPSA) is 66.4 Å². The first-order chi connectivity index (χ1) is 3.66. The van der Waals surface area contributed by atoms with Gasteiger partial charge in [0.05, 0.1) is 7.11 Å². The molecule has 0 aromatic rings. The van der Waals surface area contributed by atoms with Gasteiger partial charge in [-0.2, -0.15) is 0 Å². The maximum absolute atomic E-state index is 10.0. The van der Waals surface area contributed by atoms with Gasteiger partial charge in [0.25, 0.3) is 0 Å². The molecule has 48 valence electrons. The molecule has 0 spiro atoms. The Morgan fingerprint density at radius 3 is 2.50 bits per heavy atom. The third-order valence-corrected chi connectivity index (χ3v) is 0.935. The number of rotatable bonds is 2. The third kappa shape index (κ3) is 3.76. The lowest BCUT2D eigenvalue weighted by Crippen LogP contribution is -2.10. The van der Waals surface area contributed by atoms with E-state index in [4.69, 9.17) is 0 Å². The van der Waals surface area contributed by atoms with Crippen molar-refractivity contribution in [1.82, 2.24) is 0 Å². The molecule has 0 aromatic heterocycles. The van der Waals surface area contributed by atoms with E-state index >= 15 is 0 Å². The quantitative estimate of drug-likeness (QED) is 0.363. The van der Waals surface area contributed by atoms with Gasteiger partial charge in [-0.3, -0.25) is 9.00 Å². The normalized spacial score (nSPS) is 12.8. The average Bonchev–Trinajstić information content (AvgIpc) is 1.65. The van der Waals surface area contributed by atoms with Gasteiger partial charge >= 0.3 is 5.97 Å². The van der Waals surface area contributed by atoms with Gasteiger partial charge in [0.1, 0.15) is 5.75 Å². The Bertz CT molecular complexity index is 110. The van der Waals surface area contributed by atoms with E-state index in [9.17, 15) is 13.6 Å². The minimum absolute atomic E-state index is 0.559. The molecule has 0 heterocycles. The number of hydrogen-bond donors (Lipinski definition) is 0. The van der Waals surface area contributed by atoms with Gasteiger partial charge in [-0.25, -0.2) is 0 Å². The predicted octanol–water partition coefficient (Wildman–Crippen LogP) is -0.961. The molecule has 1 unspecified atom stereocenters. The van der Waals surface area contributed by atoms with Crippen molar-refractivity contribution < 1.29 is 18.3 Å². The second-order valence-corrected chi connectivity index (χ2v) is 1.92. The Morgan fingerprint density at radius 2 is 2.38 bits per heavy atom. The van der Waals surface area contributed by atoms with Crippen LogP contribution in [0.4, 0.5) is 0 Å². The van der Waals surface area contributed by atoms with Crippen molar-refractivity contribution in [3.05, 3.63) is 0 Å². The summed E-state index contributed by atoms with van der Waals surface area (Å²) < 4.78 is 23.4. The highest BCUT2D eigenvalue weighted by Gasteiger charge is 1.96. The Labute approximate surface area is 49.1 Å². The third-order valence-electron chi connectivity index (χ3n) is 0.463. The molecule has 4 nitrogen and oxygen atoms in total. The number of methoxy groups -OCH3 is 1. The number of esters is 1. The Kier molecular flexibility index (Phi) is 3.38. The Hall–Kier alpha value is -0.420. The predicted molar refractivity (Wildman–Crippen MR) is 25.8 cm³/mol. The second kappa shape index (κ2) is 3.57. The molecule has 5 heteroatoms. The number of hydrogen-bond acceptors (Lipinski definition) is 4. The fourth-order valence-corrected chi connectivity index (χ4v) is 0.465. The first-order valence-electron chi connectivity index (χ1n) is 1.79. The summed E-state index contributed by atoms with van der Waals surface area (Å²) in [6.45, 7) is 0. The molecule has 0 radical (unpaired) electrons. The van der Waals surface area contributed by atoms with Crippen LogP contribution in [0.15, 0.2) is 0 Å². The van der Waals surface area contributed by atoms with Gasteiger partial charge in [-0.05, 0) is 11.1 Å². The lowest BCUT2D eigenvalue weighted by Gasteiger charge is -2.00. The van der Waals surface area contributed by atoms with E-state index in [1.807, 2.05) is 0 Å². The van der Waals surface area contributed by atoms with Crippen LogP contribution in [0.1, 0.15) is 0 Å². The molecule has 0 saturated heterocycles. The van der Waals surface area contributed by atoms with Crippen LogP contribution in [-0.2, 0) is 20.6 Å². The van der Waals surface area contributed by atoms with E-state index in [-0.39, 0.29) is 0 Å². The SMILES string of the molecule is COC(=O)CS(=O)[O-]. The van der Waals surface area contributed by atoms with Crippen LogP contribution < -0.4 is 0 Å². The van der Waals surface area contributed by atoms with Gasteiger partial charge in [-0.15, -0.1) is 0 Å². The van der Waals surface area contributed by atoms with Gasteiger partial charge in [-0.1, -0.05) is 0 Å². The first kappa shape index (κ1) is 7.58. The molecule has 0 aliphatic heterocycles. The second-order valence-electron chi connectivity index (χ2n) is 1.02. The van der Waals surface area contributed by atoms with Crippen molar-refractivity contribution in [2.75, 3.05) is 12.9 Å². The van der Waals surface area contributed by atoms with Crippen molar-refractivity contribution in [3.63, 3.8) is 0 Å². The van der Waals surface area contributed by atoms with Crippen molar-refractivity contribution in [1.29, 1.82) is 0 Å². The summed E-state index contributed by atoms with van der Waals surface area (Å²) in [4.78, 5) is 10.0. The van der Waals surface area contributed by atoms with Crippen molar-refractivity contribution in [3.8, 4) is 0 Å². The molecule has 0 N–H and O–H groups in total. The van der Waals surface area contributed by atoms with E-state index in [0.717, 1.165) is 7.11 Å². The summed E-state index contributed by atoms with van der Waals surface area (Å²) in [6, 6.07) is 0. The largest absolute Gasteiger partial charge is 0.772 e. The van der Waals surface area contributed by atoms with Crippen molar-refractivity contribution in [2.24, 2.45) is 0 Å². The lowest BCUT2D eigenvalue weighted by atomic mass is 10.8. The van der Waals surface area contributed by atoms with Crippen molar-refractivity contribution in [2.45, 2.75) is 0 Å². The molecule has 0 aliphatic rings. The summed E-state index contributed by atoms with van der Waals surface area (Å²) in [7, 11) is 1.13. The molecule has 0 bridgehead atoms. The van der Waals surface area contributed by atoms with Gasteiger partial charge < -0.3 is 9.29 Å². The summed E-state index contributed by atoms with van der Waals surface area (Å²) >= 11 is -2.32. The van der Waals surface area contributed by atoms with Crippen LogP contribution >= 0.6 is 0 Å². The zero-order valence-corrected chi connectivity index (χ0v) is 5.06. The van der Waals surface area contributed by atoms with E-state index in [1.165, 1.54) is 0 Å². The fourth-order valence-electron chi connectivity index (χ4n) is 0.155. The van der Waals surface area contributed by atoms with E-state index in [0.29, 0.717) is 0 Å². The smallest absolute Gasteiger partial charge is 0.317 e. The summed E-state index contributed by atoms with van der Waals surface area (Å²) in [6.07, 6.45) is 0. The average molecular weight is 137 g/mol. The summed E-state index contributed by atoms with van der Waals surface area (Å²) in [5, 5.41) is 0. The van der Waals surface area contributed by atoms with Crippen molar-refractivity contribution >= 4 is 17.0 Å². The standard InChI is InChI=1S/C3H6O4S/c1-7-3(4)2-8(5)6/h2H2,1H3,(H,5,6)/p-1. The summed E-state index contributed by atoms with van der Waals surface area (Å²) in [5.74, 6) is -1.30. The lowest BCUT2D eigenvalue weighted by molar-refractivity contribution is -0.137. The maximum atomic E-state index is 10.0. The monoisotopic (exact) mass is 137 g/mol. The van der Waals surface area contributed by atoms with Crippen LogP contribution in [0.3, 0.4) is 0 Å². The zero-order valence-electron chi connectivity index (χ0n) is 4.25. The van der Waals surface area contributed by atoms with Gasteiger partial charge in [0.2, 0.25) is 0 Å². The highest BCUT2D eigenvalue weighted by molar-refractivity contribution is 7.79. The Balaban J connectivity index is 3.40. The van der Waals surface area contributed by atoms with Crippen LogP contribution in [0.25, 0.3) is 0 Å². The molecule has 0 amide bonds. The molecular weight excluding hydrogens is 132 g/mol. The minimum Gasteiger partial charge on any atom is -0.772 e. The molecule has 0 aliphatic carbocycles. The molecule has 0 saturated carbocycles. The highest BCUT2D eigenvalue weighted by Crippen LogP contribution is 1.76. The molecule has 0 rings (SSSR count). The molecule has 0 aromatic carbocycles. The van der Waals surface area contributed by atoms with Crippen LogP contribution in [-0.4, -0.2) is 27.6 Å². The molecule has 8 heavy (non-hydrogen) atoms. The highest BCUT2D eigenvalue weighted by atomic mass is 32.2. The van der Waals surface area contributed by atoms with Crippen LogP contribution in [0.5, 0.6) is 0 Å². The van der Waals surface area contributed by atoms with Gasteiger partial charge in [0.15, 0.2) is 0 Å². The number of carbonyl (C=O) groups excluding carboxylic acids is 1. The van der Waals surface area contributed by atoms with Crippen LogP contribution in [0, 0.1) is 0 Å². The Morgan fingerprint density at radius 1 is 1.88 bits per heavy atom. The zero-order chi connectivity index (χ0) is 6.57. The summed E-state index contributed by atoms with van der Waals surface area (Å²) in [5.41, 5.74) is 0. The molecule has 0 fully saturated rings. The van der Waals surface area contributed by atoms with E-state index in [2.05, 4.69) is 4.74 Å². The first-order valence-corrected chi connectivity index (χ1v) is 3.04. The number of ether oxygens (including phenoxy) is 1. The van der Waals surface area contributed by atoms with Crippen LogP contribution in [0.2, 0.25) is 0 Å². The molecular formula is C3H5O4S-. The van der Waals surface area contributed by atoms with E-state index in [1.54, 1.807) is 0 Å². The maximum Gasteiger partial charge on any atom is 0.317 e. The fraction of sp³-hybridized carbons (Fsp3) is 0.667.